The predicted molar refractivity (Wildman–Crippen MR) is 191 cm³/mol. The quantitative estimate of drug-likeness (QED) is 0.0541. The van der Waals surface area contributed by atoms with Gasteiger partial charge in [-0.2, -0.15) is 10.2 Å². The van der Waals surface area contributed by atoms with Crippen LogP contribution >= 0.6 is 22.7 Å². The number of nitrogens with one attached hydrogen (secondary N) is 4. The number of amides is 4. The van der Waals surface area contributed by atoms with E-state index < -0.39 is 12.1 Å². The molecule has 6 aromatic rings. The second kappa shape index (κ2) is 18.5. The molecule has 4 aromatic carbocycles. The summed E-state index contributed by atoms with van der Waals surface area (Å²) in [6.45, 7) is 0. The van der Waals surface area contributed by atoms with Crippen molar-refractivity contribution in [2.24, 2.45) is 10.2 Å². The number of benzene rings is 4. The maximum atomic E-state index is 11.8. The number of phenols is 2. The van der Waals surface area contributed by atoms with Crippen LogP contribution < -0.4 is 21.5 Å². The molecule has 12 nitrogen and oxygen atoms in total. The van der Waals surface area contributed by atoms with Gasteiger partial charge in [0.15, 0.2) is 10.3 Å². The van der Waals surface area contributed by atoms with Crippen molar-refractivity contribution in [3.8, 4) is 34.0 Å². The predicted octanol–water partition coefficient (Wildman–Crippen LogP) is 7.34. The molecule has 0 spiro atoms. The van der Waals surface area contributed by atoms with Crippen LogP contribution in [0.3, 0.4) is 0 Å². The maximum absolute atomic E-state index is 11.8. The zero-order valence-electron chi connectivity index (χ0n) is 25.3. The first-order chi connectivity index (χ1) is 23.4. The van der Waals surface area contributed by atoms with Crippen LogP contribution in [-0.2, 0) is 17.1 Å². The van der Waals surface area contributed by atoms with Crippen LogP contribution in [0.15, 0.2) is 130 Å². The molecule has 49 heavy (non-hydrogen) atoms. The Kier molecular flexibility index (Phi) is 13.6. The summed E-state index contributed by atoms with van der Waals surface area (Å²) in [5.74, 6) is 0.187. The monoisotopic (exact) mass is 739 g/mol. The summed E-state index contributed by atoms with van der Waals surface area (Å²) in [5, 5.41) is 36.7. The first-order valence-corrected chi connectivity index (χ1v) is 16.0. The number of urea groups is 2. The van der Waals surface area contributed by atoms with Crippen molar-refractivity contribution in [2.45, 2.75) is 0 Å². The number of hydrazone groups is 2. The number of hydrogen-bond acceptors (Lipinski definition) is 10. The average molecular weight is 740 g/mol. The average Bonchev–Trinajstić information content (AvgIpc) is 3.78. The third kappa shape index (κ3) is 11.1. The molecule has 0 saturated heterocycles. The van der Waals surface area contributed by atoms with Crippen LogP contribution in [0.2, 0.25) is 0 Å². The molecule has 0 fully saturated rings. The fourth-order valence-electron chi connectivity index (χ4n) is 3.91. The Morgan fingerprint density at radius 2 is 0.939 bits per heavy atom. The summed E-state index contributed by atoms with van der Waals surface area (Å²) in [4.78, 5) is 32.3. The molecule has 0 atom stereocenters. The molecule has 0 bridgehead atoms. The second-order valence-corrected chi connectivity index (χ2v) is 11.3. The van der Waals surface area contributed by atoms with E-state index in [0.29, 0.717) is 21.4 Å². The van der Waals surface area contributed by atoms with Crippen LogP contribution in [0.1, 0.15) is 11.1 Å². The van der Waals surface area contributed by atoms with Crippen molar-refractivity contribution in [1.29, 1.82) is 0 Å². The molecule has 6 rings (SSSR count). The van der Waals surface area contributed by atoms with E-state index in [4.69, 9.17) is 0 Å². The summed E-state index contributed by atoms with van der Waals surface area (Å²) in [6.07, 6.45) is 2.73. The molecule has 0 unspecified atom stereocenters. The molecule has 0 aliphatic rings. The minimum absolute atomic E-state index is 0. The summed E-state index contributed by atoms with van der Waals surface area (Å²) < 4.78 is 0. The van der Waals surface area contributed by atoms with Crippen molar-refractivity contribution < 1.29 is 36.9 Å². The summed E-state index contributed by atoms with van der Waals surface area (Å²) >= 11 is 2.66. The van der Waals surface area contributed by atoms with Crippen LogP contribution in [0.5, 0.6) is 11.5 Å². The topological polar surface area (TPSA) is 173 Å². The first kappa shape index (κ1) is 36.0. The Bertz CT molecular complexity index is 1880. The number of nitrogens with zero attached hydrogens (tertiary/aromatic N) is 4. The number of phenolic OH excluding ortho intramolecular Hbond substituents is 2. The minimum Gasteiger partial charge on any atom is -0.507 e. The number of para-hydroxylation sites is 2. The minimum atomic E-state index is -0.504. The van der Waals surface area contributed by atoms with Gasteiger partial charge in [0, 0.05) is 50.1 Å². The second-order valence-electron chi connectivity index (χ2n) is 9.57. The molecule has 0 aliphatic carbocycles. The first-order valence-electron chi connectivity index (χ1n) is 14.2. The van der Waals surface area contributed by atoms with Crippen LogP contribution in [0, 0.1) is 0 Å². The van der Waals surface area contributed by atoms with E-state index >= 15 is 0 Å². The van der Waals surface area contributed by atoms with Crippen molar-refractivity contribution in [3.63, 3.8) is 0 Å². The Morgan fingerprint density at radius 3 is 1.33 bits per heavy atom. The molecule has 2 aromatic heterocycles. The van der Waals surface area contributed by atoms with E-state index in [1.165, 1.54) is 35.1 Å². The van der Waals surface area contributed by atoms with Gasteiger partial charge in [-0.15, -0.1) is 22.7 Å². The zero-order valence-corrected chi connectivity index (χ0v) is 27.9. The van der Waals surface area contributed by atoms with E-state index in [2.05, 4.69) is 41.7 Å². The third-order valence-corrected chi connectivity index (χ3v) is 7.72. The number of thiazole rings is 2. The van der Waals surface area contributed by atoms with E-state index in [0.717, 1.165) is 22.5 Å². The van der Waals surface area contributed by atoms with Crippen LogP contribution in [0.25, 0.3) is 22.5 Å². The molecule has 6 N–H and O–H groups in total. The molecule has 0 aliphatic heterocycles. The molecular formula is C34H28CuN8O4S2. The summed E-state index contributed by atoms with van der Waals surface area (Å²) in [7, 11) is 0. The molecule has 1 radical (unpaired) electrons. The van der Waals surface area contributed by atoms with E-state index in [-0.39, 0.29) is 28.6 Å². The number of carbonyl (C=O) groups is 2. The number of hydrogen-bond donors (Lipinski definition) is 6. The smallest absolute Gasteiger partial charge is 0.341 e. The fourth-order valence-corrected chi connectivity index (χ4v) is 5.34. The van der Waals surface area contributed by atoms with Gasteiger partial charge in [0.05, 0.1) is 23.8 Å². The normalized spacial score (nSPS) is 10.4. The largest absolute Gasteiger partial charge is 0.507 e. The molecule has 2 heterocycles. The molecular weight excluding hydrogens is 712 g/mol. The van der Waals surface area contributed by atoms with Crippen molar-refractivity contribution in [3.05, 3.63) is 131 Å². The molecule has 251 valence electrons. The Morgan fingerprint density at radius 1 is 0.571 bits per heavy atom. The van der Waals surface area contributed by atoms with Crippen LogP contribution in [-0.4, -0.2) is 44.7 Å². The van der Waals surface area contributed by atoms with Crippen LogP contribution in [0.4, 0.5) is 19.9 Å². The fraction of sp³-hybridized carbons (Fsp3) is 0. The van der Waals surface area contributed by atoms with E-state index in [1.807, 2.05) is 71.4 Å². The SMILES string of the molecule is O=C(N/N=C\c1ccccc1O)Nc1nc(-c2ccccc2)cs1.O=C(N/N=C\c1ccccc1O)Nc1nc(-c2ccccc2)cs1.[Cu]. The van der Waals surface area contributed by atoms with Crippen molar-refractivity contribution in [1.82, 2.24) is 20.8 Å². The standard InChI is InChI=1S/2C17H14N4O2S.Cu/c2*22-15-9-5-4-8-13(15)10-18-21-16(23)20-17-19-14(11-24-17)12-6-2-1-3-7-12;/h2*1-11,22H,(H2,19,20,21,23);/b2*18-10-;. The Labute approximate surface area is 299 Å². The summed E-state index contributed by atoms with van der Waals surface area (Å²) in [6, 6.07) is 31.8. The van der Waals surface area contributed by atoms with E-state index in [1.54, 1.807) is 48.5 Å². The number of anilines is 2. The Hall–Kier alpha value is -5.86. The Balaban J connectivity index is 0.000000216. The van der Waals surface area contributed by atoms with Gasteiger partial charge >= 0.3 is 12.1 Å². The zero-order chi connectivity index (χ0) is 33.6. The van der Waals surface area contributed by atoms with Crippen molar-refractivity contribution in [2.75, 3.05) is 10.6 Å². The molecule has 4 amide bonds. The van der Waals surface area contributed by atoms with Gasteiger partial charge in [0.2, 0.25) is 0 Å². The molecule has 15 heteroatoms. The number of rotatable bonds is 8. The number of carbonyl (C=O) groups excluding carboxylic acids is 2. The number of aromatic hydroxyl groups is 2. The number of aromatic nitrogens is 2. The van der Waals surface area contributed by atoms with Gasteiger partial charge in [-0.25, -0.2) is 30.4 Å². The van der Waals surface area contributed by atoms with Gasteiger partial charge in [0.1, 0.15) is 11.5 Å². The van der Waals surface area contributed by atoms with Gasteiger partial charge in [-0.3, -0.25) is 10.6 Å². The van der Waals surface area contributed by atoms with Gasteiger partial charge in [0.25, 0.3) is 0 Å². The van der Waals surface area contributed by atoms with Gasteiger partial charge < -0.3 is 10.2 Å². The third-order valence-electron chi connectivity index (χ3n) is 6.20. The van der Waals surface area contributed by atoms with Gasteiger partial charge in [-0.05, 0) is 24.3 Å². The van der Waals surface area contributed by atoms with E-state index in [9.17, 15) is 19.8 Å². The van der Waals surface area contributed by atoms with Crippen molar-refractivity contribution >= 4 is 57.4 Å². The summed E-state index contributed by atoms with van der Waals surface area (Å²) in [5.41, 5.74) is 9.26. The molecule has 0 saturated carbocycles. The van der Waals surface area contributed by atoms with Gasteiger partial charge in [-0.1, -0.05) is 84.9 Å². The maximum Gasteiger partial charge on any atom is 0.341 e.